The summed E-state index contributed by atoms with van der Waals surface area (Å²) in [6, 6.07) is 6.92. The van der Waals surface area contributed by atoms with Gasteiger partial charge >= 0.3 is 0 Å². The Morgan fingerprint density at radius 1 is 1.40 bits per heavy atom. The molecule has 20 heavy (non-hydrogen) atoms. The number of amides is 2. The summed E-state index contributed by atoms with van der Waals surface area (Å²) in [6.07, 6.45) is 1.83. The van der Waals surface area contributed by atoms with Crippen molar-refractivity contribution in [1.29, 1.82) is 0 Å². The lowest BCUT2D eigenvalue weighted by molar-refractivity contribution is -0.125. The molecule has 1 aromatic rings. The van der Waals surface area contributed by atoms with Crippen molar-refractivity contribution in [2.24, 2.45) is 0 Å². The van der Waals surface area contributed by atoms with Gasteiger partial charge in [0.2, 0.25) is 11.8 Å². The average Bonchev–Trinajstić information content (AvgIpc) is 2.59. The van der Waals surface area contributed by atoms with E-state index in [-0.39, 0.29) is 11.8 Å². The summed E-state index contributed by atoms with van der Waals surface area (Å²) >= 11 is 0. The van der Waals surface area contributed by atoms with Gasteiger partial charge in [-0.05, 0) is 18.6 Å². The molecule has 5 nitrogen and oxygen atoms in total. The van der Waals surface area contributed by atoms with Crippen LogP contribution < -0.4 is 15.0 Å². The molecule has 0 bridgehead atoms. The smallest absolute Gasteiger partial charge is 0.249 e. The van der Waals surface area contributed by atoms with Gasteiger partial charge in [-0.15, -0.1) is 0 Å². The van der Waals surface area contributed by atoms with Gasteiger partial charge in [-0.1, -0.05) is 19.4 Å². The molecule has 0 aliphatic carbocycles. The van der Waals surface area contributed by atoms with Crippen molar-refractivity contribution in [3.8, 4) is 5.75 Å². The van der Waals surface area contributed by atoms with Gasteiger partial charge in [0.1, 0.15) is 11.8 Å². The van der Waals surface area contributed by atoms with Crippen LogP contribution in [-0.2, 0) is 9.59 Å². The molecule has 5 heteroatoms. The van der Waals surface area contributed by atoms with Crippen LogP contribution in [0.5, 0.6) is 5.75 Å². The first-order chi connectivity index (χ1) is 9.65. The van der Waals surface area contributed by atoms with Crippen LogP contribution in [0.3, 0.4) is 0 Å². The van der Waals surface area contributed by atoms with E-state index < -0.39 is 6.04 Å². The minimum absolute atomic E-state index is 0.0500. The van der Waals surface area contributed by atoms with Gasteiger partial charge in [-0.3, -0.25) is 9.59 Å². The Balaban J connectivity index is 2.28. The largest absolute Gasteiger partial charge is 0.497 e. The number of hydrogen-bond donors (Lipinski definition) is 1. The molecular weight excluding hydrogens is 256 g/mol. The van der Waals surface area contributed by atoms with Crippen LogP contribution in [0.25, 0.3) is 0 Å². The molecule has 0 saturated carbocycles. The van der Waals surface area contributed by atoms with E-state index in [0.29, 0.717) is 25.1 Å². The zero-order valence-corrected chi connectivity index (χ0v) is 11.9. The number of benzene rings is 1. The topological polar surface area (TPSA) is 58.6 Å². The SMILES string of the molecule is CCCC1NC(=O)CCN(c2cccc(OC)c2)C1=O. The van der Waals surface area contributed by atoms with Crippen LogP contribution >= 0.6 is 0 Å². The number of carbonyl (C=O) groups excluding carboxylic acids is 2. The van der Waals surface area contributed by atoms with E-state index >= 15 is 0 Å². The number of ether oxygens (including phenoxy) is 1. The van der Waals surface area contributed by atoms with Gasteiger partial charge < -0.3 is 15.0 Å². The maximum Gasteiger partial charge on any atom is 0.249 e. The highest BCUT2D eigenvalue weighted by molar-refractivity contribution is 6.01. The van der Waals surface area contributed by atoms with Gasteiger partial charge in [0.25, 0.3) is 0 Å². The second-order valence-electron chi connectivity index (χ2n) is 4.85. The van der Waals surface area contributed by atoms with Gasteiger partial charge in [0.05, 0.1) is 7.11 Å². The van der Waals surface area contributed by atoms with Gasteiger partial charge in [0.15, 0.2) is 0 Å². The zero-order valence-electron chi connectivity index (χ0n) is 11.9. The van der Waals surface area contributed by atoms with E-state index in [1.807, 2.05) is 31.2 Å². The van der Waals surface area contributed by atoms with Crippen LogP contribution in [0.15, 0.2) is 24.3 Å². The summed E-state index contributed by atoms with van der Waals surface area (Å²) in [4.78, 5) is 25.9. The quantitative estimate of drug-likeness (QED) is 0.911. The van der Waals surface area contributed by atoms with Crippen molar-refractivity contribution in [3.05, 3.63) is 24.3 Å². The van der Waals surface area contributed by atoms with Crippen molar-refractivity contribution < 1.29 is 14.3 Å². The molecule has 1 heterocycles. The standard InChI is InChI=1S/C15H20N2O3/c1-3-5-13-15(19)17(9-8-14(18)16-13)11-6-4-7-12(10-11)20-2/h4,6-7,10,13H,3,5,8-9H2,1-2H3,(H,16,18). The van der Waals surface area contributed by atoms with E-state index in [2.05, 4.69) is 5.32 Å². The lowest BCUT2D eigenvalue weighted by Crippen LogP contribution is -2.44. The fourth-order valence-electron chi connectivity index (χ4n) is 2.36. The van der Waals surface area contributed by atoms with E-state index in [0.717, 1.165) is 12.1 Å². The summed E-state index contributed by atoms with van der Waals surface area (Å²) in [5, 5.41) is 2.80. The summed E-state index contributed by atoms with van der Waals surface area (Å²) in [6.45, 7) is 2.40. The lowest BCUT2D eigenvalue weighted by atomic mass is 10.1. The van der Waals surface area contributed by atoms with Crippen LogP contribution in [0.1, 0.15) is 26.2 Å². The molecule has 1 fully saturated rings. The summed E-state index contributed by atoms with van der Waals surface area (Å²) in [5.41, 5.74) is 0.770. The highest BCUT2D eigenvalue weighted by Gasteiger charge is 2.30. The molecule has 1 N–H and O–H groups in total. The van der Waals surface area contributed by atoms with Crippen molar-refractivity contribution in [1.82, 2.24) is 5.32 Å². The molecule has 0 radical (unpaired) electrons. The summed E-state index contributed by atoms with van der Waals surface area (Å²) < 4.78 is 5.19. The second-order valence-corrected chi connectivity index (χ2v) is 4.85. The molecule has 1 unspecified atom stereocenters. The predicted molar refractivity (Wildman–Crippen MR) is 76.8 cm³/mol. The molecule has 1 atom stereocenters. The fraction of sp³-hybridized carbons (Fsp3) is 0.467. The molecule has 1 aromatic carbocycles. The minimum Gasteiger partial charge on any atom is -0.497 e. The first-order valence-corrected chi connectivity index (χ1v) is 6.90. The number of rotatable bonds is 4. The first-order valence-electron chi connectivity index (χ1n) is 6.90. The minimum atomic E-state index is -0.429. The van der Waals surface area contributed by atoms with Crippen molar-refractivity contribution in [2.75, 3.05) is 18.6 Å². The third-order valence-corrected chi connectivity index (χ3v) is 3.40. The van der Waals surface area contributed by atoms with Gasteiger partial charge in [0, 0.05) is 24.7 Å². The molecule has 1 saturated heterocycles. The van der Waals surface area contributed by atoms with Crippen LogP contribution in [-0.4, -0.2) is 31.5 Å². The third kappa shape index (κ3) is 3.10. The Morgan fingerprint density at radius 2 is 2.20 bits per heavy atom. The first kappa shape index (κ1) is 14.4. The average molecular weight is 276 g/mol. The van der Waals surface area contributed by atoms with Crippen LogP contribution in [0.2, 0.25) is 0 Å². The van der Waals surface area contributed by atoms with Crippen LogP contribution in [0.4, 0.5) is 5.69 Å². The number of nitrogens with one attached hydrogen (secondary N) is 1. The Kier molecular flexibility index (Phi) is 4.61. The Labute approximate surface area is 118 Å². The molecule has 1 aliphatic heterocycles. The fourth-order valence-corrected chi connectivity index (χ4v) is 2.36. The Bertz CT molecular complexity index is 502. The van der Waals surface area contributed by atoms with Gasteiger partial charge in [-0.2, -0.15) is 0 Å². The molecule has 0 spiro atoms. The normalized spacial score (nSPS) is 19.5. The van der Waals surface area contributed by atoms with E-state index in [1.54, 1.807) is 12.0 Å². The molecule has 2 amide bonds. The monoisotopic (exact) mass is 276 g/mol. The Morgan fingerprint density at radius 3 is 2.90 bits per heavy atom. The number of carbonyl (C=O) groups is 2. The zero-order chi connectivity index (χ0) is 14.5. The van der Waals surface area contributed by atoms with E-state index in [1.165, 1.54) is 0 Å². The van der Waals surface area contributed by atoms with Gasteiger partial charge in [-0.25, -0.2) is 0 Å². The molecule has 2 rings (SSSR count). The maximum atomic E-state index is 12.6. The van der Waals surface area contributed by atoms with E-state index in [4.69, 9.17) is 4.74 Å². The summed E-state index contributed by atoms with van der Waals surface area (Å²) in [5.74, 6) is 0.582. The van der Waals surface area contributed by atoms with Crippen molar-refractivity contribution in [3.63, 3.8) is 0 Å². The van der Waals surface area contributed by atoms with Crippen molar-refractivity contribution in [2.45, 2.75) is 32.2 Å². The Hall–Kier alpha value is -2.04. The van der Waals surface area contributed by atoms with Crippen molar-refractivity contribution >= 4 is 17.5 Å². The second kappa shape index (κ2) is 6.41. The maximum absolute atomic E-state index is 12.6. The van der Waals surface area contributed by atoms with Crippen LogP contribution in [0, 0.1) is 0 Å². The highest BCUT2D eigenvalue weighted by atomic mass is 16.5. The predicted octanol–water partition coefficient (Wildman–Crippen LogP) is 1.72. The molecule has 1 aliphatic rings. The highest BCUT2D eigenvalue weighted by Crippen LogP contribution is 2.23. The van der Waals surface area contributed by atoms with E-state index in [9.17, 15) is 9.59 Å². The third-order valence-electron chi connectivity index (χ3n) is 3.40. The molecular formula is C15H20N2O3. The number of nitrogens with zero attached hydrogens (tertiary/aromatic N) is 1. The molecule has 0 aromatic heterocycles. The number of hydrogen-bond acceptors (Lipinski definition) is 3. The number of methoxy groups -OCH3 is 1. The lowest BCUT2D eigenvalue weighted by Gasteiger charge is -2.24. The number of anilines is 1. The molecule has 108 valence electrons. The summed E-state index contributed by atoms with van der Waals surface area (Å²) in [7, 11) is 1.59.